The molecular weight excluding hydrogens is 326 g/mol. The number of hydrogen-bond acceptors (Lipinski definition) is 6. The molecule has 132 valence electrons. The molecular formula is C18H19NO6. The van der Waals surface area contributed by atoms with Gasteiger partial charge in [0.1, 0.15) is 11.3 Å². The average molecular weight is 345 g/mol. The van der Waals surface area contributed by atoms with Gasteiger partial charge in [-0.2, -0.15) is 0 Å². The maximum Gasteiger partial charge on any atom is 0.342 e. The van der Waals surface area contributed by atoms with Gasteiger partial charge in [0.15, 0.2) is 6.61 Å². The predicted octanol–water partition coefficient (Wildman–Crippen LogP) is 2.47. The van der Waals surface area contributed by atoms with Crippen LogP contribution >= 0.6 is 0 Å². The Morgan fingerprint density at radius 3 is 2.36 bits per heavy atom. The molecule has 1 heterocycles. The summed E-state index contributed by atoms with van der Waals surface area (Å²) in [5.41, 5.74) is 1.73. The third-order valence-corrected chi connectivity index (χ3v) is 3.77. The van der Waals surface area contributed by atoms with Gasteiger partial charge in [-0.15, -0.1) is 0 Å². The molecule has 0 spiro atoms. The topological polar surface area (TPSA) is 94.7 Å². The van der Waals surface area contributed by atoms with E-state index in [1.165, 1.54) is 14.2 Å². The van der Waals surface area contributed by atoms with Gasteiger partial charge in [-0.3, -0.25) is 4.79 Å². The molecule has 7 nitrogen and oxygen atoms in total. The molecule has 0 unspecified atom stereocenters. The fraction of sp³-hybridized carbons (Fsp3) is 0.278. The molecule has 25 heavy (non-hydrogen) atoms. The summed E-state index contributed by atoms with van der Waals surface area (Å²) in [5.74, 6) is -1.28. The number of rotatable bonds is 6. The standard InChI is InChI=1S/C18H19NO6/c1-10-15(18(22)24-4)11(2)19-16(10)13(20)9-25-17(21)12-7-5-6-8-14(12)23-3/h5-8,19H,9H2,1-4H3. The maximum absolute atomic E-state index is 12.3. The molecule has 0 amide bonds. The molecule has 0 saturated heterocycles. The third-order valence-electron chi connectivity index (χ3n) is 3.77. The van der Waals surface area contributed by atoms with Crippen molar-refractivity contribution in [1.82, 2.24) is 4.98 Å². The molecule has 1 aromatic heterocycles. The van der Waals surface area contributed by atoms with Crippen LogP contribution in [0.15, 0.2) is 24.3 Å². The van der Waals surface area contributed by atoms with Crippen LogP contribution in [0.2, 0.25) is 0 Å². The number of nitrogens with one attached hydrogen (secondary N) is 1. The first-order valence-corrected chi connectivity index (χ1v) is 7.51. The lowest BCUT2D eigenvalue weighted by Gasteiger charge is -2.08. The number of carbonyl (C=O) groups excluding carboxylic acids is 3. The van der Waals surface area contributed by atoms with E-state index in [2.05, 4.69) is 4.98 Å². The first-order chi connectivity index (χ1) is 11.9. The van der Waals surface area contributed by atoms with Crippen molar-refractivity contribution in [2.75, 3.05) is 20.8 Å². The number of ether oxygens (including phenoxy) is 3. The van der Waals surface area contributed by atoms with Crippen molar-refractivity contribution in [2.24, 2.45) is 0 Å². The number of benzene rings is 1. The van der Waals surface area contributed by atoms with E-state index in [1.807, 2.05) is 0 Å². The van der Waals surface area contributed by atoms with Gasteiger partial charge in [-0.1, -0.05) is 12.1 Å². The fourth-order valence-electron chi connectivity index (χ4n) is 2.53. The number of ketones is 1. The Kier molecular flexibility index (Phi) is 5.59. The average Bonchev–Trinajstić information content (AvgIpc) is 2.93. The lowest BCUT2D eigenvalue weighted by Crippen LogP contribution is -2.16. The molecule has 0 fully saturated rings. The summed E-state index contributed by atoms with van der Waals surface area (Å²) in [7, 11) is 2.71. The third kappa shape index (κ3) is 3.71. The van der Waals surface area contributed by atoms with E-state index >= 15 is 0 Å². The quantitative estimate of drug-likeness (QED) is 0.638. The van der Waals surface area contributed by atoms with Crippen LogP contribution in [0.5, 0.6) is 5.75 Å². The zero-order chi connectivity index (χ0) is 18.6. The zero-order valence-electron chi connectivity index (χ0n) is 14.5. The molecule has 0 aliphatic carbocycles. The van der Waals surface area contributed by atoms with Crippen molar-refractivity contribution >= 4 is 17.7 Å². The summed E-state index contributed by atoms with van der Waals surface area (Å²) in [4.78, 5) is 39.1. The second-order valence-corrected chi connectivity index (χ2v) is 5.32. The number of aromatic amines is 1. The fourth-order valence-corrected chi connectivity index (χ4v) is 2.53. The van der Waals surface area contributed by atoms with Gasteiger partial charge in [0.05, 0.1) is 25.5 Å². The van der Waals surface area contributed by atoms with Gasteiger partial charge >= 0.3 is 11.9 Å². The summed E-state index contributed by atoms with van der Waals surface area (Å²) < 4.78 is 14.9. The first-order valence-electron chi connectivity index (χ1n) is 7.51. The summed E-state index contributed by atoms with van der Waals surface area (Å²) >= 11 is 0. The number of methoxy groups -OCH3 is 2. The predicted molar refractivity (Wildman–Crippen MR) is 89.2 cm³/mol. The summed E-state index contributed by atoms with van der Waals surface area (Å²) in [5, 5.41) is 0. The molecule has 0 aliphatic rings. The van der Waals surface area contributed by atoms with E-state index in [1.54, 1.807) is 38.1 Å². The van der Waals surface area contributed by atoms with Crippen molar-refractivity contribution in [3.8, 4) is 5.75 Å². The number of para-hydroxylation sites is 1. The lowest BCUT2D eigenvalue weighted by molar-refractivity contribution is 0.0469. The summed E-state index contributed by atoms with van der Waals surface area (Å²) in [6.07, 6.45) is 0. The van der Waals surface area contributed by atoms with Crippen LogP contribution in [-0.2, 0) is 9.47 Å². The monoisotopic (exact) mass is 345 g/mol. The van der Waals surface area contributed by atoms with Crippen LogP contribution in [-0.4, -0.2) is 43.5 Å². The highest BCUT2D eigenvalue weighted by Gasteiger charge is 2.23. The van der Waals surface area contributed by atoms with Crippen LogP contribution in [0.3, 0.4) is 0 Å². The number of hydrogen-bond donors (Lipinski definition) is 1. The largest absolute Gasteiger partial charge is 0.496 e. The lowest BCUT2D eigenvalue weighted by atomic mass is 10.1. The highest BCUT2D eigenvalue weighted by atomic mass is 16.5. The highest BCUT2D eigenvalue weighted by Crippen LogP contribution is 2.21. The molecule has 0 saturated carbocycles. The molecule has 2 aromatic rings. The van der Waals surface area contributed by atoms with E-state index in [9.17, 15) is 14.4 Å². The number of aryl methyl sites for hydroxylation is 1. The van der Waals surface area contributed by atoms with Gasteiger partial charge in [-0.05, 0) is 31.5 Å². The van der Waals surface area contributed by atoms with E-state index < -0.39 is 24.3 Å². The van der Waals surface area contributed by atoms with E-state index in [0.29, 0.717) is 22.6 Å². The van der Waals surface area contributed by atoms with Gasteiger partial charge in [0.25, 0.3) is 0 Å². The number of Topliss-reactive ketones (excluding diaryl/α,β-unsaturated/α-hetero) is 1. The van der Waals surface area contributed by atoms with Crippen molar-refractivity contribution in [1.29, 1.82) is 0 Å². The van der Waals surface area contributed by atoms with Crippen LogP contribution in [0.25, 0.3) is 0 Å². The van der Waals surface area contributed by atoms with Gasteiger partial charge in [0.2, 0.25) is 5.78 Å². The molecule has 0 aliphatic heterocycles. The van der Waals surface area contributed by atoms with Crippen molar-refractivity contribution in [2.45, 2.75) is 13.8 Å². The second kappa shape index (κ2) is 7.65. The molecule has 2 rings (SSSR count). The summed E-state index contributed by atoms with van der Waals surface area (Å²) in [6, 6.07) is 6.56. The zero-order valence-corrected chi connectivity index (χ0v) is 14.5. The minimum absolute atomic E-state index is 0.214. The normalized spacial score (nSPS) is 10.2. The van der Waals surface area contributed by atoms with Gasteiger partial charge in [0, 0.05) is 5.69 Å². The maximum atomic E-state index is 12.3. The molecule has 1 N–H and O–H groups in total. The van der Waals surface area contributed by atoms with Crippen LogP contribution in [0, 0.1) is 13.8 Å². The minimum atomic E-state index is -0.667. The van der Waals surface area contributed by atoms with Crippen molar-refractivity contribution in [3.05, 3.63) is 52.3 Å². The first kappa shape index (κ1) is 18.3. The number of esters is 2. The molecule has 0 radical (unpaired) electrons. The Balaban J connectivity index is 2.13. The van der Waals surface area contributed by atoms with E-state index in [4.69, 9.17) is 14.2 Å². The van der Waals surface area contributed by atoms with Crippen LogP contribution in [0.4, 0.5) is 0 Å². The Morgan fingerprint density at radius 2 is 1.72 bits per heavy atom. The highest BCUT2D eigenvalue weighted by molar-refractivity contribution is 6.03. The Hall–Kier alpha value is -3.09. The molecule has 1 aromatic carbocycles. The smallest absolute Gasteiger partial charge is 0.342 e. The van der Waals surface area contributed by atoms with Crippen molar-refractivity contribution < 1.29 is 28.6 Å². The SMILES string of the molecule is COC(=O)c1c(C)[nH]c(C(=O)COC(=O)c2ccccc2OC)c1C. The number of H-pyrrole nitrogens is 1. The Bertz CT molecular complexity index is 821. The van der Waals surface area contributed by atoms with E-state index in [-0.39, 0.29) is 11.3 Å². The van der Waals surface area contributed by atoms with Crippen LogP contribution < -0.4 is 4.74 Å². The van der Waals surface area contributed by atoms with Crippen molar-refractivity contribution in [3.63, 3.8) is 0 Å². The van der Waals surface area contributed by atoms with E-state index in [0.717, 1.165) is 0 Å². The van der Waals surface area contributed by atoms with Gasteiger partial charge in [-0.25, -0.2) is 9.59 Å². The Morgan fingerprint density at radius 1 is 1.04 bits per heavy atom. The number of carbonyl (C=O) groups is 3. The summed E-state index contributed by atoms with van der Waals surface area (Å²) in [6.45, 7) is 2.83. The minimum Gasteiger partial charge on any atom is -0.496 e. The van der Waals surface area contributed by atoms with Gasteiger partial charge < -0.3 is 19.2 Å². The van der Waals surface area contributed by atoms with Crippen LogP contribution in [0.1, 0.15) is 42.5 Å². The number of aromatic nitrogens is 1. The molecule has 0 bridgehead atoms. The molecule has 0 atom stereocenters. The molecule has 7 heteroatoms. The second-order valence-electron chi connectivity index (χ2n) is 5.32. The Labute approximate surface area is 144 Å².